The summed E-state index contributed by atoms with van der Waals surface area (Å²) in [5, 5.41) is 0.778. The second-order valence-corrected chi connectivity index (χ2v) is 7.32. The molecule has 3 aromatic rings. The van der Waals surface area contributed by atoms with E-state index in [-0.39, 0.29) is 11.9 Å². The first-order chi connectivity index (χ1) is 13.7. The van der Waals surface area contributed by atoms with Gasteiger partial charge in [-0.3, -0.25) is 0 Å². The molecule has 0 aliphatic heterocycles. The van der Waals surface area contributed by atoms with Crippen molar-refractivity contribution in [3.8, 4) is 5.75 Å². The molecule has 0 saturated heterocycles. The minimum atomic E-state index is -4.71. The highest BCUT2D eigenvalue weighted by atomic mass is 19.4. The van der Waals surface area contributed by atoms with Crippen LogP contribution >= 0.6 is 0 Å². The Morgan fingerprint density at radius 1 is 1.07 bits per heavy atom. The molecule has 0 aliphatic carbocycles. The maximum atomic E-state index is 12.6. The van der Waals surface area contributed by atoms with E-state index in [2.05, 4.69) is 16.9 Å². The van der Waals surface area contributed by atoms with Crippen LogP contribution in [0.5, 0.6) is 5.75 Å². The van der Waals surface area contributed by atoms with E-state index < -0.39 is 6.36 Å². The van der Waals surface area contributed by atoms with Crippen LogP contribution in [-0.2, 0) is 24.6 Å². The van der Waals surface area contributed by atoms with Crippen molar-refractivity contribution in [2.24, 2.45) is 7.05 Å². The molecule has 2 aromatic carbocycles. The Morgan fingerprint density at radius 3 is 2.48 bits per heavy atom. The summed E-state index contributed by atoms with van der Waals surface area (Å²) < 4.78 is 49.7. The SMILES string of the molecule is CCOC(C)Cc1cccc(Cc2c(C)n(C)c3ccc(OC(F)(F)F)cc23)c1. The number of aromatic nitrogens is 1. The number of ether oxygens (including phenoxy) is 2. The average molecular weight is 405 g/mol. The third-order valence-corrected chi connectivity index (χ3v) is 5.17. The predicted molar refractivity (Wildman–Crippen MR) is 108 cm³/mol. The number of halogens is 3. The highest BCUT2D eigenvalue weighted by Gasteiger charge is 2.31. The van der Waals surface area contributed by atoms with Crippen molar-refractivity contribution in [3.63, 3.8) is 0 Å². The maximum Gasteiger partial charge on any atom is 0.573 e. The Bertz CT molecular complexity index is 992. The van der Waals surface area contributed by atoms with Gasteiger partial charge < -0.3 is 14.0 Å². The Balaban J connectivity index is 1.93. The van der Waals surface area contributed by atoms with E-state index in [1.54, 1.807) is 6.07 Å². The van der Waals surface area contributed by atoms with Gasteiger partial charge in [0.1, 0.15) is 5.75 Å². The van der Waals surface area contributed by atoms with Gasteiger partial charge in [-0.25, -0.2) is 0 Å². The Labute approximate surface area is 169 Å². The standard InChI is InChI=1S/C23H26F3NO2/c1-5-28-15(2)11-17-7-6-8-18(12-17)13-20-16(3)27(4)22-10-9-19(14-21(20)22)29-23(24,25)26/h6-10,12,14-15H,5,11,13H2,1-4H3. The van der Waals surface area contributed by atoms with Crippen LogP contribution in [0.3, 0.4) is 0 Å². The summed E-state index contributed by atoms with van der Waals surface area (Å²) in [6, 6.07) is 12.8. The number of aryl methyl sites for hydroxylation is 1. The second kappa shape index (κ2) is 8.49. The smallest absolute Gasteiger partial charge is 0.406 e. The van der Waals surface area contributed by atoms with E-state index in [0.717, 1.165) is 34.1 Å². The van der Waals surface area contributed by atoms with E-state index in [1.165, 1.54) is 17.7 Å². The maximum absolute atomic E-state index is 12.6. The monoisotopic (exact) mass is 405 g/mol. The molecule has 0 radical (unpaired) electrons. The van der Waals surface area contributed by atoms with Crippen molar-refractivity contribution >= 4 is 10.9 Å². The van der Waals surface area contributed by atoms with Crippen molar-refractivity contribution in [1.82, 2.24) is 4.57 Å². The van der Waals surface area contributed by atoms with Crippen LogP contribution in [0.1, 0.15) is 36.2 Å². The van der Waals surface area contributed by atoms with E-state index in [4.69, 9.17) is 4.74 Å². The van der Waals surface area contributed by atoms with Crippen molar-refractivity contribution in [1.29, 1.82) is 0 Å². The Hall–Kier alpha value is -2.47. The van der Waals surface area contributed by atoms with Gasteiger partial charge >= 0.3 is 6.36 Å². The minimum absolute atomic E-state index is 0.136. The van der Waals surface area contributed by atoms with Gasteiger partial charge in [-0.2, -0.15) is 0 Å². The topological polar surface area (TPSA) is 23.4 Å². The van der Waals surface area contributed by atoms with Gasteiger partial charge in [0.15, 0.2) is 0 Å². The van der Waals surface area contributed by atoms with Crippen LogP contribution in [0, 0.1) is 6.92 Å². The van der Waals surface area contributed by atoms with Crippen LogP contribution in [0.2, 0.25) is 0 Å². The molecule has 3 rings (SSSR count). The molecule has 0 amide bonds. The first-order valence-electron chi connectivity index (χ1n) is 9.71. The van der Waals surface area contributed by atoms with Crippen LogP contribution in [0.15, 0.2) is 42.5 Å². The van der Waals surface area contributed by atoms with E-state index in [1.807, 2.05) is 44.5 Å². The fourth-order valence-corrected chi connectivity index (χ4v) is 3.79. The number of nitrogens with zero attached hydrogens (tertiary/aromatic N) is 1. The number of benzene rings is 2. The fraction of sp³-hybridized carbons (Fsp3) is 0.391. The normalized spacial score (nSPS) is 13.1. The number of alkyl halides is 3. The largest absolute Gasteiger partial charge is 0.573 e. The summed E-state index contributed by atoms with van der Waals surface area (Å²) in [5.41, 5.74) is 5.21. The molecule has 29 heavy (non-hydrogen) atoms. The predicted octanol–water partition coefficient (Wildman–Crippen LogP) is 5.94. The van der Waals surface area contributed by atoms with E-state index >= 15 is 0 Å². The highest BCUT2D eigenvalue weighted by Crippen LogP contribution is 2.32. The molecule has 0 aliphatic rings. The summed E-state index contributed by atoms with van der Waals surface area (Å²) in [6.45, 7) is 6.69. The first kappa shape index (κ1) is 21.2. The third-order valence-electron chi connectivity index (χ3n) is 5.17. The summed E-state index contributed by atoms with van der Waals surface area (Å²) in [4.78, 5) is 0. The van der Waals surface area contributed by atoms with Gasteiger partial charge in [-0.1, -0.05) is 24.3 Å². The summed E-state index contributed by atoms with van der Waals surface area (Å²) in [5.74, 6) is -0.198. The lowest BCUT2D eigenvalue weighted by molar-refractivity contribution is -0.274. The molecular weight excluding hydrogens is 379 g/mol. The number of hydrogen-bond donors (Lipinski definition) is 0. The van der Waals surface area contributed by atoms with Crippen molar-refractivity contribution in [2.45, 2.75) is 46.1 Å². The fourth-order valence-electron chi connectivity index (χ4n) is 3.79. The molecule has 0 saturated carbocycles. The molecule has 1 heterocycles. The lowest BCUT2D eigenvalue weighted by atomic mass is 9.98. The Kier molecular flexibility index (Phi) is 6.22. The second-order valence-electron chi connectivity index (χ2n) is 7.32. The lowest BCUT2D eigenvalue weighted by Gasteiger charge is -2.12. The molecule has 0 fully saturated rings. The third kappa shape index (κ3) is 5.12. The first-order valence-corrected chi connectivity index (χ1v) is 9.71. The van der Waals surface area contributed by atoms with E-state index in [9.17, 15) is 13.2 Å². The molecule has 0 bridgehead atoms. The molecule has 0 N–H and O–H groups in total. The van der Waals surface area contributed by atoms with Gasteiger partial charge in [0.25, 0.3) is 0 Å². The quantitative estimate of drug-likeness (QED) is 0.485. The van der Waals surface area contributed by atoms with Crippen LogP contribution in [0.25, 0.3) is 10.9 Å². The molecule has 0 spiro atoms. The van der Waals surface area contributed by atoms with Crippen molar-refractivity contribution < 1.29 is 22.6 Å². The molecule has 156 valence electrons. The summed E-state index contributed by atoms with van der Waals surface area (Å²) in [7, 11) is 1.92. The zero-order valence-corrected chi connectivity index (χ0v) is 17.1. The molecular formula is C23H26F3NO2. The van der Waals surface area contributed by atoms with Gasteiger partial charge in [0, 0.05) is 30.3 Å². The zero-order chi connectivity index (χ0) is 21.2. The van der Waals surface area contributed by atoms with E-state index in [0.29, 0.717) is 13.0 Å². The van der Waals surface area contributed by atoms with Crippen molar-refractivity contribution in [3.05, 3.63) is 64.8 Å². The van der Waals surface area contributed by atoms with Crippen LogP contribution in [-0.4, -0.2) is 23.6 Å². The number of rotatable bonds is 7. The summed E-state index contributed by atoms with van der Waals surface area (Å²) in [6.07, 6.45) is -3.12. The molecule has 3 nitrogen and oxygen atoms in total. The van der Waals surface area contributed by atoms with Crippen LogP contribution < -0.4 is 4.74 Å². The highest BCUT2D eigenvalue weighted by molar-refractivity contribution is 5.87. The average Bonchev–Trinajstić information content (AvgIpc) is 2.85. The van der Waals surface area contributed by atoms with Gasteiger partial charge in [0.2, 0.25) is 0 Å². The number of hydrogen-bond acceptors (Lipinski definition) is 2. The number of fused-ring (bicyclic) bond motifs is 1. The molecule has 6 heteroatoms. The zero-order valence-electron chi connectivity index (χ0n) is 17.1. The summed E-state index contributed by atoms with van der Waals surface area (Å²) >= 11 is 0. The molecule has 1 atom stereocenters. The van der Waals surface area contributed by atoms with Gasteiger partial charge in [-0.05, 0) is 68.5 Å². The molecule has 1 unspecified atom stereocenters. The van der Waals surface area contributed by atoms with Crippen LogP contribution in [0.4, 0.5) is 13.2 Å². The lowest BCUT2D eigenvalue weighted by Crippen LogP contribution is -2.17. The Morgan fingerprint density at radius 2 is 1.79 bits per heavy atom. The van der Waals surface area contributed by atoms with Gasteiger partial charge in [-0.15, -0.1) is 13.2 Å². The van der Waals surface area contributed by atoms with Gasteiger partial charge in [0.05, 0.1) is 6.10 Å². The van der Waals surface area contributed by atoms with Crippen molar-refractivity contribution in [2.75, 3.05) is 6.61 Å². The molecule has 1 aromatic heterocycles. The minimum Gasteiger partial charge on any atom is -0.406 e.